The van der Waals surface area contributed by atoms with E-state index in [1.165, 1.54) is 0 Å². The van der Waals surface area contributed by atoms with Crippen LogP contribution in [0.2, 0.25) is 0 Å². The molecular weight excluding hydrogens is 348 g/mol. The van der Waals surface area contributed by atoms with E-state index in [0.29, 0.717) is 0 Å². The summed E-state index contributed by atoms with van der Waals surface area (Å²) in [5, 5.41) is 2.31. The number of rotatable bonds is 6. The number of carbonyl (C=O) groups is 2. The van der Waals surface area contributed by atoms with Crippen LogP contribution in [0.25, 0.3) is 0 Å². The second-order valence-electron chi connectivity index (χ2n) is 5.62. The molecule has 2 N–H and O–H groups in total. The molecule has 0 aliphatic rings. The van der Waals surface area contributed by atoms with E-state index in [9.17, 15) is 14.4 Å². The van der Waals surface area contributed by atoms with E-state index in [-0.39, 0.29) is 30.3 Å². The normalized spacial score (nSPS) is 10.2. The van der Waals surface area contributed by atoms with Gasteiger partial charge in [0.05, 0.1) is 6.20 Å². The number of aromatic nitrogens is 3. The van der Waals surface area contributed by atoms with Gasteiger partial charge in [0.25, 0.3) is 5.56 Å². The van der Waals surface area contributed by atoms with Crippen LogP contribution in [-0.2, 0) is 17.8 Å². The van der Waals surface area contributed by atoms with Crippen LogP contribution in [0.15, 0.2) is 65.8 Å². The van der Waals surface area contributed by atoms with Crippen molar-refractivity contribution in [1.29, 1.82) is 0 Å². The lowest BCUT2D eigenvalue weighted by molar-refractivity contribution is 0.0982. The summed E-state index contributed by atoms with van der Waals surface area (Å²) in [5.74, 6) is -0.434. The molecule has 2 heterocycles. The Bertz CT molecular complexity index is 987. The first kappa shape index (κ1) is 18.0. The van der Waals surface area contributed by atoms with Crippen molar-refractivity contribution in [3.8, 4) is 0 Å². The summed E-state index contributed by atoms with van der Waals surface area (Å²) in [5.41, 5.74) is 0.828. The van der Waals surface area contributed by atoms with Gasteiger partial charge in [0.2, 0.25) is 5.78 Å². The number of carbonyl (C=O) groups excluding carboxylic acids is 2. The molecule has 2 aromatic heterocycles. The Hall–Kier alpha value is -3.81. The molecule has 0 unspecified atom stereocenters. The van der Waals surface area contributed by atoms with E-state index < -0.39 is 11.7 Å². The zero-order valence-electron chi connectivity index (χ0n) is 14.2. The summed E-state index contributed by atoms with van der Waals surface area (Å²) in [6.07, 6.45) is 3.57. The monoisotopic (exact) mass is 364 g/mol. The molecule has 0 radical (unpaired) electrons. The highest BCUT2D eigenvalue weighted by Crippen LogP contribution is 2.05. The average Bonchev–Trinajstić information content (AvgIpc) is 2.69. The molecule has 8 nitrogen and oxygen atoms in total. The molecule has 0 fully saturated rings. The van der Waals surface area contributed by atoms with Crippen molar-refractivity contribution in [3.63, 3.8) is 0 Å². The molecule has 0 spiro atoms. The zero-order valence-corrected chi connectivity index (χ0v) is 14.2. The number of ether oxygens (including phenoxy) is 1. The zero-order chi connectivity index (χ0) is 19.1. The van der Waals surface area contributed by atoms with Crippen molar-refractivity contribution in [1.82, 2.24) is 15.0 Å². The van der Waals surface area contributed by atoms with Gasteiger partial charge < -0.3 is 9.72 Å². The largest absolute Gasteiger partial charge is 0.444 e. The van der Waals surface area contributed by atoms with Crippen molar-refractivity contribution in [2.24, 2.45) is 0 Å². The Kier molecular flexibility index (Phi) is 5.68. The first-order chi connectivity index (χ1) is 13.1. The molecule has 1 aromatic carbocycles. The summed E-state index contributed by atoms with van der Waals surface area (Å²) in [6.45, 7) is 0.0699. The first-order valence-corrected chi connectivity index (χ1v) is 8.11. The summed E-state index contributed by atoms with van der Waals surface area (Å²) in [4.78, 5) is 46.2. The van der Waals surface area contributed by atoms with E-state index >= 15 is 0 Å². The number of hydrogen-bond donors (Lipinski definition) is 2. The van der Waals surface area contributed by atoms with Gasteiger partial charge in [0, 0.05) is 18.8 Å². The van der Waals surface area contributed by atoms with E-state index in [0.717, 1.165) is 17.3 Å². The predicted octanol–water partition coefficient (Wildman–Crippen LogP) is 2.34. The number of nitrogens with one attached hydrogen (secondary N) is 2. The number of Topliss-reactive ketones (excluding diaryl/α,β-unsaturated/α-hetero) is 1. The Morgan fingerprint density at radius 3 is 2.48 bits per heavy atom. The highest BCUT2D eigenvalue weighted by Gasteiger charge is 2.13. The summed E-state index contributed by atoms with van der Waals surface area (Å²) in [6, 6.07) is 12.5. The van der Waals surface area contributed by atoms with Crippen LogP contribution in [0, 0.1) is 0 Å². The molecule has 0 aliphatic heterocycles. The standard InChI is InChI=1S/C19H16N4O4/c24-16(10-13-6-8-20-9-7-13)17-21-11-15(18(25)23-17)22-19(26)27-12-14-4-2-1-3-5-14/h1-9,11H,10,12H2,(H,22,26)(H,21,23,25). The number of H-pyrrole nitrogens is 1. The molecule has 8 heteroatoms. The number of nitrogens with zero attached hydrogens (tertiary/aromatic N) is 2. The molecule has 1 amide bonds. The van der Waals surface area contributed by atoms with Gasteiger partial charge in [-0.1, -0.05) is 30.3 Å². The SMILES string of the molecule is O=C(Nc1cnc(C(=O)Cc2ccncc2)[nH]c1=O)OCc1ccccc1. The molecule has 136 valence electrons. The third-order valence-corrected chi connectivity index (χ3v) is 3.63. The smallest absolute Gasteiger partial charge is 0.412 e. The maximum atomic E-state index is 12.2. The van der Waals surface area contributed by atoms with Crippen LogP contribution in [0.4, 0.5) is 10.5 Å². The minimum atomic E-state index is -0.790. The topological polar surface area (TPSA) is 114 Å². The van der Waals surface area contributed by atoms with E-state index in [1.807, 2.05) is 30.3 Å². The van der Waals surface area contributed by atoms with E-state index in [2.05, 4.69) is 20.3 Å². The summed E-state index contributed by atoms with van der Waals surface area (Å²) >= 11 is 0. The fourth-order valence-electron chi connectivity index (χ4n) is 2.26. The lowest BCUT2D eigenvalue weighted by Gasteiger charge is -2.07. The summed E-state index contributed by atoms with van der Waals surface area (Å²) < 4.78 is 5.04. The lowest BCUT2D eigenvalue weighted by atomic mass is 10.1. The molecule has 3 rings (SSSR count). The van der Waals surface area contributed by atoms with Gasteiger partial charge in [-0.2, -0.15) is 0 Å². The quantitative estimate of drug-likeness (QED) is 0.649. The predicted molar refractivity (Wildman–Crippen MR) is 97.4 cm³/mol. The maximum absolute atomic E-state index is 12.2. The van der Waals surface area contributed by atoms with Gasteiger partial charge in [-0.15, -0.1) is 0 Å². The van der Waals surface area contributed by atoms with Gasteiger partial charge in [-0.3, -0.25) is 19.9 Å². The van der Waals surface area contributed by atoms with Crippen molar-refractivity contribution in [2.75, 3.05) is 5.32 Å². The number of hydrogen-bond acceptors (Lipinski definition) is 6. The van der Waals surface area contributed by atoms with Crippen LogP contribution in [-0.4, -0.2) is 26.8 Å². The number of benzene rings is 1. The van der Waals surface area contributed by atoms with Crippen molar-refractivity contribution in [2.45, 2.75) is 13.0 Å². The van der Waals surface area contributed by atoms with Gasteiger partial charge in [-0.05, 0) is 23.3 Å². The number of anilines is 1. The third-order valence-electron chi connectivity index (χ3n) is 3.63. The van der Waals surface area contributed by atoms with Gasteiger partial charge >= 0.3 is 6.09 Å². The highest BCUT2D eigenvalue weighted by molar-refractivity contribution is 5.94. The number of amides is 1. The fourth-order valence-corrected chi connectivity index (χ4v) is 2.26. The molecule has 3 aromatic rings. The number of aromatic amines is 1. The van der Waals surface area contributed by atoms with Crippen LogP contribution >= 0.6 is 0 Å². The lowest BCUT2D eigenvalue weighted by Crippen LogP contribution is -2.23. The van der Waals surface area contributed by atoms with Crippen molar-refractivity contribution >= 4 is 17.6 Å². The fraction of sp³-hybridized carbons (Fsp3) is 0.105. The molecule has 0 saturated heterocycles. The molecule has 27 heavy (non-hydrogen) atoms. The Labute approximate surface area is 154 Å². The molecular formula is C19H16N4O4. The Morgan fingerprint density at radius 1 is 1.04 bits per heavy atom. The average molecular weight is 364 g/mol. The van der Waals surface area contributed by atoms with Crippen molar-refractivity contribution in [3.05, 3.63) is 88.4 Å². The third kappa shape index (κ3) is 5.08. The van der Waals surface area contributed by atoms with E-state index in [4.69, 9.17) is 4.74 Å². The van der Waals surface area contributed by atoms with Crippen LogP contribution < -0.4 is 10.9 Å². The van der Waals surface area contributed by atoms with E-state index in [1.54, 1.807) is 24.5 Å². The number of pyridine rings is 1. The minimum absolute atomic E-state index is 0.0699. The second-order valence-corrected chi connectivity index (χ2v) is 5.62. The second kappa shape index (κ2) is 8.52. The molecule has 0 bridgehead atoms. The van der Waals surface area contributed by atoms with Crippen molar-refractivity contribution < 1.29 is 14.3 Å². The van der Waals surface area contributed by atoms with Gasteiger partial charge in [0.15, 0.2) is 5.82 Å². The minimum Gasteiger partial charge on any atom is -0.444 e. The number of ketones is 1. The highest BCUT2D eigenvalue weighted by atomic mass is 16.5. The Morgan fingerprint density at radius 2 is 1.78 bits per heavy atom. The molecule has 0 atom stereocenters. The first-order valence-electron chi connectivity index (χ1n) is 8.11. The van der Waals surface area contributed by atoms with Crippen LogP contribution in [0.1, 0.15) is 21.7 Å². The van der Waals surface area contributed by atoms with Gasteiger partial charge in [-0.25, -0.2) is 9.78 Å². The molecule has 0 aliphatic carbocycles. The van der Waals surface area contributed by atoms with Crippen LogP contribution in [0.3, 0.4) is 0 Å². The Balaban J connectivity index is 1.60. The van der Waals surface area contributed by atoms with Crippen LogP contribution in [0.5, 0.6) is 0 Å². The van der Waals surface area contributed by atoms with Gasteiger partial charge in [0.1, 0.15) is 12.3 Å². The maximum Gasteiger partial charge on any atom is 0.412 e. The molecule has 0 saturated carbocycles. The summed E-state index contributed by atoms with van der Waals surface area (Å²) in [7, 11) is 0.